The summed E-state index contributed by atoms with van der Waals surface area (Å²) < 4.78 is 12.5. The number of halogens is 1. The number of hydrogen-bond acceptors (Lipinski definition) is 2. The van der Waals surface area contributed by atoms with Crippen LogP contribution in [0.1, 0.15) is 5.56 Å². The maximum atomic E-state index is 12.5. The van der Waals surface area contributed by atoms with E-state index in [4.69, 9.17) is 0 Å². The van der Waals surface area contributed by atoms with Crippen molar-refractivity contribution < 1.29 is 42.0 Å². The van der Waals surface area contributed by atoms with E-state index >= 15 is 0 Å². The first-order chi connectivity index (χ1) is 5.11. The number of benzene rings is 1. The van der Waals surface area contributed by atoms with Gasteiger partial charge in [0.2, 0.25) is 0 Å². The molecule has 0 heterocycles. The number of non-ortho nitro benzene ring substituents is 1. The van der Waals surface area contributed by atoms with Gasteiger partial charge in [0.1, 0.15) is 0 Å². The van der Waals surface area contributed by atoms with Gasteiger partial charge in [-0.2, -0.15) is 0 Å². The Bertz CT molecular complexity index is 303. The second-order valence-corrected chi connectivity index (χ2v) is 2.11. The van der Waals surface area contributed by atoms with Crippen LogP contribution in [0, 0.1) is 28.9 Å². The van der Waals surface area contributed by atoms with Crippen molar-refractivity contribution in [1.82, 2.24) is 0 Å². The summed E-state index contributed by atoms with van der Waals surface area (Å²) in [5.41, 5.74) is 0.100. The number of nitro benzene ring substituents is 1. The molecular formula is C7H5FNO2Y-. The van der Waals surface area contributed by atoms with Crippen LogP contribution >= 0.6 is 0 Å². The third-order valence-electron chi connectivity index (χ3n) is 1.27. The molecule has 0 aliphatic heterocycles. The summed E-state index contributed by atoms with van der Waals surface area (Å²) in [7, 11) is 0. The van der Waals surface area contributed by atoms with Crippen molar-refractivity contribution in [2.75, 3.05) is 0 Å². The summed E-state index contributed by atoms with van der Waals surface area (Å²) in [6, 6.07) is 4.33. The summed E-state index contributed by atoms with van der Waals surface area (Å²) in [5, 5.41) is 10.1. The number of rotatable bonds is 1. The van der Waals surface area contributed by atoms with Gasteiger partial charge in [-0.1, -0.05) is 19.1 Å². The normalized spacial score (nSPS) is 8.83. The smallest absolute Gasteiger partial charge is 0.163 e. The zero-order valence-electron chi connectivity index (χ0n) is 6.37. The second kappa shape index (κ2) is 4.62. The molecule has 1 aromatic rings. The number of hydrogen-bond donors (Lipinski definition) is 0. The van der Waals surface area contributed by atoms with Crippen molar-refractivity contribution in [1.29, 1.82) is 0 Å². The van der Waals surface area contributed by atoms with Gasteiger partial charge in [0.15, 0.2) is 5.69 Å². The fourth-order valence-corrected chi connectivity index (χ4v) is 0.683. The minimum absolute atomic E-state index is 0. The molecule has 0 bridgehead atoms. The Hall–Kier alpha value is -0.346. The maximum Gasteiger partial charge on any atom is 0.163 e. The van der Waals surface area contributed by atoms with Crippen molar-refractivity contribution in [3.05, 3.63) is 39.7 Å². The average molecular weight is 243 g/mol. The maximum absolute atomic E-state index is 12.5. The molecule has 61 valence electrons. The van der Waals surface area contributed by atoms with E-state index in [1.807, 2.05) is 0 Å². The first-order valence-electron chi connectivity index (χ1n) is 2.93. The molecule has 0 aliphatic rings. The van der Waals surface area contributed by atoms with Gasteiger partial charge in [-0.3, -0.25) is 10.1 Å². The first kappa shape index (κ1) is 11.7. The Balaban J connectivity index is 0.00000121. The van der Waals surface area contributed by atoms with Crippen molar-refractivity contribution >= 4 is 5.69 Å². The van der Waals surface area contributed by atoms with Crippen molar-refractivity contribution in [3.63, 3.8) is 0 Å². The van der Waals surface area contributed by atoms with Crippen molar-refractivity contribution in [3.8, 4) is 0 Å². The van der Waals surface area contributed by atoms with E-state index in [9.17, 15) is 14.5 Å². The molecule has 0 saturated carbocycles. The monoisotopic (exact) mass is 243 g/mol. The fraction of sp³-hybridized carbons (Fsp3) is 0.143. The van der Waals surface area contributed by atoms with Crippen LogP contribution in [-0.2, 0) is 32.7 Å². The molecule has 5 heteroatoms. The van der Waals surface area contributed by atoms with Crippen molar-refractivity contribution in [2.24, 2.45) is 0 Å². The van der Waals surface area contributed by atoms with E-state index in [0.29, 0.717) is 0 Å². The van der Waals surface area contributed by atoms with Gasteiger partial charge in [0.25, 0.3) is 0 Å². The molecule has 0 spiro atoms. The van der Waals surface area contributed by atoms with Gasteiger partial charge in [-0.05, 0) is 0 Å². The molecule has 0 atom stereocenters. The van der Waals surface area contributed by atoms with Crippen LogP contribution in [0.15, 0.2) is 12.1 Å². The van der Waals surface area contributed by atoms with E-state index in [1.165, 1.54) is 13.0 Å². The molecule has 1 radical (unpaired) electrons. The largest absolute Gasteiger partial charge is 0.270 e. The van der Waals surface area contributed by atoms with Crippen LogP contribution in [0.5, 0.6) is 0 Å². The Morgan fingerprint density at radius 2 is 2.25 bits per heavy atom. The van der Waals surface area contributed by atoms with Gasteiger partial charge in [-0.25, -0.2) is 4.39 Å². The molecule has 0 unspecified atom stereocenters. The zero-order chi connectivity index (χ0) is 8.43. The van der Waals surface area contributed by atoms with Gasteiger partial charge in [0.05, 0.1) is 0 Å². The molecule has 1 aromatic carbocycles. The van der Waals surface area contributed by atoms with Crippen LogP contribution < -0.4 is 0 Å². The molecular weight excluding hydrogens is 238 g/mol. The molecule has 0 fully saturated rings. The van der Waals surface area contributed by atoms with Crippen LogP contribution in [0.25, 0.3) is 0 Å². The SMILES string of the molecule is Cc1cc([N+](=O)[O-])c[c-]c1F.[Y]. The summed E-state index contributed by atoms with van der Waals surface area (Å²) in [5.74, 6) is -0.546. The summed E-state index contributed by atoms with van der Waals surface area (Å²) in [6.45, 7) is 1.46. The van der Waals surface area contributed by atoms with E-state index in [0.717, 1.165) is 6.07 Å². The standard InChI is InChI=1S/C7H5FNO2.Y/c1-5-4-6(9(10)11)2-3-7(5)8;/h2,4H,1H3;/q-1;. The minimum Gasteiger partial charge on any atom is -0.270 e. The van der Waals surface area contributed by atoms with Crippen LogP contribution in [0.4, 0.5) is 10.1 Å². The number of nitro groups is 1. The van der Waals surface area contributed by atoms with Crippen LogP contribution in [-0.4, -0.2) is 4.92 Å². The molecule has 1 rings (SSSR count). The van der Waals surface area contributed by atoms with Crippen molar-refractivity contribution in [2.45, 2.75) is 6.92 Å². The van der Waals surface area contributed by atoms with Gasteiger partial charge in [-0.15, -0.1) is 11.6 Å². The van der Waals surface area contributed by atoms with E-state index < -0.39 is 10.7 Å². The molecule has 12 heavy (non-hydrogen) atoms. The van der Waals surface area contributed by atoms with E-state index in [2.05, 4.69) is 6.07 Å². The van der Waals surface area contributed by atoms with Gasteiger partial charge in [0, 0.05) is 43.4 Å². The molecule has 0 aromatic heterocycles. The summed E-state index contributed by atoms with van der Waals surface area (Å²) >= 11 is 0. The van der Waals surface area contributed by atoms with Gasteiger partial charge >= 0.3 is 0 Å². The minimum atomic E-state index is -0.580. The molecule has 0 amide bonds. The fourth-order valence-electron chi connectivity index (χ4n) is 0.683. The molecule has 0 saturated heterocycles. The van der Waals surface area contributed by atoms with Gasteiger partial charge < -0.3 is 0 Å². The van der Waals surface area contributed by atoms with E-state index in [1.54, 1.807) is 0 Å². The number of aryl methyl sites for hydroxylation is 1. The Morgan fingerprint density at radius 3 is 2.67 bits per heavy atom. The second-order valence-electron chi connectivity index (χ2n) is 2.11. The Kier molecular flexibility index (Phi) is 4.49. The van der Waals surface area contributed by atoms with Crippen LogP contribution in [0.3, 0.4) is 0 Å². The zero-order valence-corrected chi connectivity index (χ0v) is 9.21. The first-order valence-corrected chi connectivity index (χ1v) is 2.93. The topological polar surface area (TPSA) is 43.1 Å². The third-order valence-corrected chi connectivity index (χ3v) is 1.27. The summed E-state index contributed by atoms with van der Waals surface area (Å²) in [6.07, 6.45) is 0. The van der Waals surface area contributed by atoms with Crippen LogP contribution in [0.2, 0.25) is 0 Å². The molecule has 0 N–H and O–H groups in total. The predicted octanol–water partition coefficient (Wildman–Crippen LogP) is 1.84. The molecule has 3 nitrogen and oxygen atoms in total. The number of nitrogens with zero attached hydrogens (tertiary/aromatic N) is 1. The Morgan fingerprint density at radius 1 is 1.67 bits per heavy atom. The third kappa shape index (κ3) is 2.61. The predicted molar refractivity (Wildman–Crippen MR) is 36.6 cm³/mol. The Labute approximate surface area is 94.0 Å². The van der Waals surface area contributed by atoms with E-state index in [-0.39, 0.29) is 44.0 Å². The summed E-state index contributed by atoms with van der Waals surface area (Å²) in [4.78, 5) is 9.55. The average Bonchev–Trinajstić information content (AvgIpc) is 1.94. The molecule has 0 aliphatic carbocycles. The quantitative estimate of drug-likeness (QED) is 0.429.